The van der Waals surface area contributed by atoms with Crippen LogP contribution in [0.5, 0.6) is 0 Å². The van der Waals surface area contributed by atoms with Gasteiger partial charge in [-0.1, -0.05) is 0 Å². The molecule has 1 aromatic carbocycles. The highest BCUT2D eigenvalue weighted by Gasteiger charge is 2.31. The van der Waals surface area contributed by atoms with Crippen LogP contribution in [-0.4, -0.2) is 21.3 Å². The van der Waals surface area contributed by atoms with Crippen molar-refractivity contribution in [2.45, 2.75) is 25.6 Å². The number of alkyl halides is 3. The number of nitrogens with zero attached hydrogens (tertiary/aromatic N) is 3. The maximum absolute atomic E-state index is 13.6. The van der Waals surface area contributed by atoms with Crippen LogP contribution >= 0.6 is 0 Å². The largest absolute Gasteiger partial charge is 0.416 e. The van der Waals surface area contributed by atoms with Gasteiger partial charge < -0.3 is 5.32 Å². The van der Waals surface area contributed by atoms with Crippen molar-refractivity contribution >= 4 is 0 Å². The molecule has 0 bridgehead atoms. The minimum atomic E-state index is -4.59. The molecule has 0 fully saturated rings. The quantitative estimate of drug-likeness (QED) is 0.710. The summed E-state index contributed by atoms with van der Waals surface area (Å²) in [5.41, 5.74) is 2.79. The zero-order chi connectivity index (χ0) is 19.0. The van der Waals surface area contributed by atoms with Crippen molar-refractivity contribution in [2.75, 3.05) is 6.54 Å². The second kappa shape index (κ2) is 6.77. The average molecular weight is 376 g/mol. The summed E-state index contributed by atoms with van der Waals surface area (Å²) in [7, 11) is 0. The lowest BCUT2D eigenvalue weighted by atomic mass is 10.0. The van der Waals surface area contributed by atoms with Crippen LogP contribution in [0.4, 0.5) is 17.6 Å². The van der Waals surface area contributed by atoms with Crippen LogP contribution in [0.2, 0.25) is 0 Å². The summed E-state index contributed by atoms with van der Waals surface area (Å²) < 4.78 is 54.1. The molecule has 140 valence electrons. The van der Waals surface area contributed by atoms with E-state index in [1.807, 2.05) is 10.9 Å². The van der Waals surface area contributed by atoms with Gasteiger partial charge in [-0.05, 0) is 35.9 Å². The summed E-state index contributed by atoms with van der Waals surface area (Å²) in [4.78, 5) is 4.22. The Labute approximate surface area is 152 Å². The number of fused-ring (bicyclic) bond motifs is 1. The molecule has 0 unspecified atom stereocenters. The van der Waals surface area contributed by atoms with Crippen molar-refractivity contribution in [1.29, 1.82) is 0 Å². The van der Waals surface area contributed by atoms with E-state index in [1.165, 1.54) is 0 Å². The van der Waals surface area contributed by atoms with Crippen molar-refractivity contribution in [2.24, 2.45) is 0 Å². The van der Waals surface area contributed by atoms with Gasteiger partial charge in [0.2, 0.25) is 0 Å². The first-order chi connectivity index (χ1) is 12.9. The number of rotatable bonds is 3. The summed E-state index contributed by atoms with van der Waals surface area (Å²) in [5.74, 6) is -0.912. The molecule has 0 radical (unpaired) electrons. The second-order valence-electron chi connectivity index (χ2n) is 6.48. The third-order valence-corrected chi connectivity index (χ3v) is 4.52. The number of hydrogen-bond acceptors (Lipinski definition) is 3. The predicted octanol–water partition coefficient (Wildman–Crippen LogP) is 3.66. The molecule has 27 heavy (non-hydrogen) atoms. The number of aromatic nitrogens is 3. The SMILES string of the molecule is Fc1cc(Cc2cc(-n3ncc4c3CCNC4)ccn2)cc(C(F)(F)F)c1. The number of halogens is 4. The van der Waals surface area contributed by atoms with Gasteiger partial charge >= 0.3 is 6.18 Å². The molecule has 0 atom stereocenters. The molecule has 2 aromatic heterocycles. The van der Waals surface area contributed by atoms with Gasteiger partial charge in [0, 0.05) is 49.1 Å². The van der Waals surface area contributed by atoms with E-state index in [0.717, 1.165) is 48.6 Å². The Bertz CT molecular complexity index is 978. The molecule has 3 heterocycles. The topological polar surface area (TPSA) is 42.7 Å². The lowest BCUT2D eigenvalue weighted by Gasteiger charge is -2.15. The molecule has 0 amide bonds. The van der Waals surface area contributed by atoms with Gasteiger partial charge in [-0.2, -0.15) is 18.3 Å². The number of benzene rings is 1. The van der Waals surface area contributed by atoms with Crippen molar-refractivity contribution in [3.8, 4) is 5.69 Å². The summed E-state index contributed by atoms with van der Waals surface area (Å²) >= 11 is 0. The van der Waals surface area contributed by atoms with Crippen molar-refractivity contribution in [1.82, 2.24) is 20.1 Å². The fraction of sp³-hybridized carbons (Fsp3) is 0.263. The smallest absolute Gasteiger partial charge is 0.312 e. The minimum absolute atomic E-state index is 0.0969. The predicted molar refractivity (Wildman–Crippen MR) is 91.0 cm³/mol. The molecule has 1 N–H and O–H groups in total. The monoisotopic (exact) mass is 376 g/mol. The molecular weight excluding hydrogens is 360 g/mol. The van der Waals surface area contributed by atoms with Gasteiger partial charge in [-0.15, -0.1) is 0 Å². The molecule has 3 aromatic rings. The van der Waals surface area contributed by atoms with Crippen LogP contribution < -0.4 is 5.32 Å². The summed E-state index contributed by atoms with van der Waals surface area (Å²) in [6, 6.07) is 6.13. The lowest BCUT2D eigenvalue weighted by molar-refractivity contribution is -0.137. The first-order valence-electron chi connectivity index (χ1n) is 8.48. The van der Waals surface area contributed by atoms with E-state index in [1.54, 1.807) is 18.3 Å². The van der Waals surface area contributed by atoms with Crippen LogP contribution in [0.1, 0.15) is 28.1 Å². The molecular formula is C19H16F4N4. The van der Waals surface area contributed by atoms with E-state index < -0.39 is 17.6 Å². The first-order valence-corrected chi connectivity index (χ1v) is 8.48. The zero-order valence-corrected chi connectivity index (χ0v) is 14.2. The van der Waals surface area contributed by atoms with Crippen LogP contribution in [0.15, 0.2) is 42.7 Å². The Morgan fingerprint density at radius 3 is 2.81 bits per heavy atom. The fourth-order valence-electron chi connectivity index (χ4n) is 3.29. The van der Waals surface area contributed by atoms with Gasteiger partial charge in [0.25, 0.3) is 0 Å². The van der Waals surface area contributed by atoms with Crippen LogP contribution in [0, 0.1) is 5.82 Å². The van der Waals surface area contributed by atoms with Gasteiger partial charge in [0.1, 0.15) is 5.82 Å². The molecule has 1 aliphatic heterocycles. The maximum Gasteiger partial charge on any atom is 0.416 e. The van der Waals surface area contributed by atoms with Crippen LogP contribution in [0.3, 0.4) is 0 Å². The maximum atomic E-state index is 13.6. The van der Waals surface area contributed by atoms with E-state index in [4.69, 9.17) is 0 Å². The van der Waals surface area contributed by atoms with Crippen molar-refractivity contribution in [3.63, 3.8) is 0 Å². The molecule has 1 aliphatic rings. The molecule has 4 nitrogen and oxygen atoms in total. The highest BCUT2D eigenvalue weighted by Crippen LogP contribution is 2.31. The zero-order valence-electron chi connectivity index (χ0n) is 14.2. The van der Waals surface area contributed by atoms with E-state index in [2.05, 4.69) is 15.4 Å². The summed E-state index contributed by atoms with van der Waals surface area (Å²) in [6.07, 6.45) is -0.257. The number of nitrogens with one attached hydrogen (secondary N) is 1. The molecule has 0 saturated carbocycles. The van der Waals surface area contributed by atoms with E-state index in [-0.39, 0.29) is 12.0 Å². The molecule has 8 heteroatoms. The molecule has 0 aliphatic carbocycles. The third-order valence-electron chi connectivity index (χ3n) is 4.52. The highest BCUT2D eigenvalue weighted by atomic mass is 19.4. The normalized spacial score (nSPS) is 14.2. The van der Waals surface area contributed by atoms with E-state index in [0.29, 0.717) is 11.8 Å². The standard InChI is InChI=1S/C19H16F4N4/c20-15-6-12(5-14(8-15)19(21,22)23)7-16-9-17(1-4-25-16)27-18-2-3-24-10-13(18)11-26-27/h1,4-6,8-9,11,24H,2-3,7,10H2. The number of hydrogen-bond donors (Lipinski definition) is 1. The summed E-state index contributed by atoms with van der Waals surface area (Å²) in [5, 5.41) is 7.70. The Morgan fingerprint density at radius 1 is 1.15 bits per heavy atom. The van der Waals surface area contributed by atoms with Crippen LogP contribution in [-0.2, 0) is 25.6 Å². The van der Waals surface area contributed by atoms with E-state index in [9.17, 15) is 17.6 Å². The van der Waals surface area contributed by atoms with Gasteiger partial charge in [-0.25, -0.2) is 9.07 Å². The van der Waals surface area contributed by atoms with Gasteiger partial charge in [0.15, 0.2) is 0 Å². The van der Waals surface area contributed by atoms with Crippen molar-refractivity contribution in [3.05, 3.63) is 76.6 Å². The number of pyridine rings is 1. The Balaban J connectivity index is 1.64. The molecule has 4 rings (SSSR count). The molecule has 0 spiro atoms. The highest BCUT2D eigenvalue weighted by molar-refractivity contribution is 5.38. The third kappa shape index (κ3) is 3.71. The summed E-state index contributed by atoms with van der Waals surface area (Å²) in [6.45, 7) is 1.62. The van der Waals surface area contributed by atoms with Crippen LogP contribution in [0.25, 0.3) is 5.69 Å². The fourth-order valence-corrected chi connectivity index (χ4v) is 3.29. The minimum Gasteiger partial charge on any atom is -0.312 e. The van der Waals surface area contributed by atoms with Crippen molar-refractivity contribution < 1.29 is 17.6 Å². The van der Waals surface area contributed by atoms with E-state index >= 15 is 0 Å². The Hall–Kier alpha value is -2.74. The Morgan fingerprint density at radius 2 is 2.00 bits per heavy atom. The van der Waals surface area contributed by atoms with Gasteiger partial charge in [0.05, 0.1) is 17.4 Å². The average Bonchev–Trinajstić information content (AvgIpc) is 3.05. The van der Waals surface area contributed by atoms with Gasteiger partial charge in [-0.3, -0.25) is 4.98 Å². The first kappa shape index (κ1) is 17.7. The molecule has 0 saturated heterocycles. The second-order valence-corrected chi connectivity index (χ2v) is 6.48. The lowest BCUT2D eigenvalue weighted by Crippen LogP contribution is -2.24. The Kier molecular flexibility index (Phi) is 4.43.